The van der Waals surface area contributed by atoms with Crippen LogP contribution in [0.25, 0.3) is 0 Å². The molecule has 0 spiro atoms. The fraction of sp³-hybridized carbons (Fsp3) is 1.00. The summed E-state index contributed by atoms with van der Waals surface area (Å²) in [6, 6.07) is 0.829. The van der Waals surface area contributed by atoms with Crippen LogP contribution in [-0.4, -0.2) is 25.2 Å². The minimum Gasteiger partial charge on any atom is -0.314 e. The molecule has 1 saturated carbocycles. The van der Waals surface area contributed by atoms with Crippen molar-refractivity contribution in [1.82, 2.24) is 10.6 Å². The molecule has 10 heavy (non-hydrogen) atoms. The van der Waals surface area contributed by atoms with Crippen LogP contribution in [0.5, 0.6) is 0 Å². The molecule has 0 aromatic rings. The van der Waals surface area contributed by atoms with Crippen molar-refractivity contribution in [3.05, 3.63) is 0 Å². The molecule has 0 aromatic heterocycles. The van der Waals surface area contributed by atoms with E-state index in [-0.39, 0.29) is 0 Å². The van der Waals surface area contributed by atoms with Crippen molar-refractivity contribution < 1.29 is 0 Å². The van der Waals surface area contributed by atoms with Crippen molar-refractivity contribution in [3.8, 4) is 0 Å². The van der Waals surface area contributed by atoms with Gasteiger partial charge in [-0.3, -0.25) is 0 Å². The highest BCUT2D eigenvalue weighted by atomic mass is 15.0. The van der Waals surface area contributed by atoms with Gasteiger partial charge < -0.3 is 10.6 Å². The first-order valence-corrected chi connectivity index (χ1v) is 4.27. The van der Waals surface area contributed by atoms with Crippen molar-refractivity contribution in [3.63, 3.8) is 0 Å². The lowest BCUT2D eigenvalue weighted by Crippen LogP contribution is -2.47. The summed E-state index contributed by atoms with van der Waals surface area (Å²) in [5.41, 5.74) is 0.554. The van der Waals surface area contributed by atoms with Crippen LogP contribution in [-0.2, 0) is 0 Å². The topological polar surface area (TPSA) is 24.1 Å². The molecule has 2 nitrogen and oxygen atoms in total. The molecule has 2 heteroatoms. The van der Waals surface area contributed by atoms with Gasteiger partial charge in [0.1, 0.15) is 0 Å². The molecule has 1 aliphatic heterocycles. The predicted octanol–water partition coefficient (Wildman–Crippen LogP) is 0.490. The first-order chi connectivity index (χ1) is 4.85. The molecular weight excluding hydrogens is 124 g/mol. The van der Waals surface area contributed by atoms with Crippen LogP contribution >= 0.6 is 0 Å². The summed E-state index contributed by atoms with van der Waals surface area (Å²) in [5, 5.41) is 6.85. The Balaban J connectivity index is 1.77. The zero-order chi connectivity index (χ0) is 7.03. The highest BCUT2D eigenvalue weighted by Gasteiger charge is 2.43. The Morgan fingerprint density at radius 1 is 1.60 bits per heavy atom. The average molecular weight is 140 g/mol. The van der Waals surface area contributed by atoms with E-state index in [2.05, 4.69) is 17.7 Å². The molecule has 0 aromatic carbocycles. The summed E-state index contributed by atoms with van der Waals surface area (Å²) >= 11 is 0. The summed E-state index contributed by atoms with van der Waals surface area (Å²) in [5.74, 6) is 0. The largest absolute Gasteiger partial charge is 0.314 e. The van der Waals surface area contributed by atoms with Crippen LogP contribution in [0.1, 0.15) is 25.7 Å². The second-order valence-electron chi connectivity index (χ2n) is 3.67. The van der Waals surface area contributed by atoms with Crippen molar-refractivity contribution in [1.29, 1.82) is 0 Å². The highest BCUT2D eigenvalue weighted by molar-refractivity contribution is 5.04. The van der Waals surface area contributed by atoms with Crippen LogP contribution in [0, 0.1) is 0 Å². The second-order valence-corrected chi connectivity index (χ2v) is 3.67. The van der Waals surface area contributed by atoms with E-state index >= 15 is 0 Å². The van der Waals surface area contributed by atoms with Crippen molar-refractivity contribution in [2.75, 3.05) is 13.6 Å². The number of hydrogen-bond acceptors (Lipinski definition) is 2. The SMILES string of the molecule is CNC1(CC2CCN2)CC1. The lowest BCUT2D eigenvalue weighted by molar-refractivity contribution is 0.305. The van der Waals surface area contributed by atoms with E-state index in [1.54, 1.807) is 0 Å². The number of nitrogens with one attached hydrogen (secondary N) is 2. The molecule has 2 aliphatic rings. The van der Waals surface area contributed by atoms with E-state index in [1.807, 2.05) is 0 Å². The maximum absolute atomic E-state index is 3.44. The zero-order valence-corrected chi connectivity index (χ0v) is 6.61. The molecule has 0 amide bonds. The maximum Gasteiger partial charge on any atom is 0.0194 e. The number of hydrogen-bond donors (Lipinski definition) is 2. The van der Waals surface area contributed by atoms with Gasteiger partial charge in [0.15, 0.2) is 0 Å². The molecule has 1 heterocycles. The summed E-state index contributed by atoms with van der Waals surface area (Å²) in [7, 11) is 2.09. The van der Waals surface area contributed by atoms with Gasteiger partial charge in [-0.2, -0.15) is 0 Å². The van der Waals surface area contributed by atoms with Gasteiger partial charge in [-0.1, -0.05) is 0 Å². The lowest BCUT2D eigenvalue weighted by Gasteiger charge is -2.31. The van der Waals surface area contributed by atoms with Gasteiger partial charge in [-0.25, -0.2) is 0 Å². The molecule has 0 radical (unpaired) electrons. The van der Waals surface area contributed by atoms with Crippen LogP contribution in [0.2, 0.25) is 0 Å². The Labute approximate surface area is 62.4 Å². The van der Waals surface area contributed by atoms with E-state index in [9.17, 15) is 0 Å². The third-order valence-corrected chi connectivity index (χ3v) is 2.95. The number of rotatable bonds is 3. The average Bonchev–Trinajstić information content (AvgIpc) is 2.60. The van der Waals surface area contributed by atoms with Crippen LogP contribution in [0.15, 0.2) is 0 Å². The smallest absolute Gasteiger partial charge is 0.0194 e. The van der Waals surface area contributed by atoms with Gasteiger partial charge in [-0.05, 0) is 39.3 Å². The van der Waals surface area contributed by atoms with Gasteiger partial charge in [0, 0.05) is 11.6 Å². The summed E-state index contributed by atoms with van der Waals surface area (Å²) in [6.07, 6.45) is 5.52. The monoisotopic (exact) mass is 140 g/mol. The van der Waals surface area contributed by atoms with Crippen LogP contribution < -0.4 is 10.6 Å². The van der Waals surface area contributed by atoms with Gasteiger partial charge in [-0.15, -0.1) is 0 Å². The lowest BCUT2D eigenvalue weighted by atomic mass is 9.97. The molecule has 1 unspecified atom stereocenters. The molecule has 1 aliphatic carbocycles. The predicted molar refractivity (Wildman–Crippen MR) is 42.0 cm³/mol. The Morgan fingerprint density at radius 2 is 2.30 bits per heavy atom. The molecule has 2 fully saturated rings. The van der Waals surface area contributed by atoms with Gasteiger partial charge in [0.25, 0.3) is 0 Å². The highest BCUT2D eigenvalue weighted by Crippen LogP contribution is 2.40. The fourth-order valence-corrected chi connectivity index (χ4v) is 1.70. The molecule has 0 bridgehead atoms. The summed E-state index contributed by atoms with van der Waals surface area (Å²) in [6.45, 7) is 1.24. The van der Waals surface area contributed by atoms with Crippen LogP contribution in [0.3, 0.4) is 0 Å². The fourth-order valence-electron chi connectivity index (χ4n) is 1.70. The second kappa shape index (κ2) is 2.21. The quantitative estimate of drug-likeness (QED) is 0.596. The first kappa shape index (κ1) is 6.62. The molecule has 58 valence electrons. The third kappa shape index (κ3) is 1.06. The van der Waals surface area contributed by atoms with E-state index in [1.165, 1.54) is 32.2 Å². The first-order valence-electron chi connectivity index (χ1n) is 4.27. The van der Waals surface area contributed by atoms with Gasteiger partial charge in [0.05, 0.1) is 0 Å². The third-order valence-electron chi connectivity index (χ3n) is 2.95. The Bertz CT molecular complexity index is 125. The minimum absolute atomic E-state index is 0.554. The maximum atomic E-state index is 3.44. The van der Waals surface area contributed by atoms with Crippen LogP contribution in [0.4, 0.5) is 0 Å². The normalized spacial score (nSPS) is 35.1. The van der Waals surface area contributed by atoms with E-state index in [0.717, 1.165) is 6.04 Å². The molecule has 1 saturated heterocycles. The molecule has 2 rings (SSSR count). The van der Waals surface area contributed by atoms with Crippen molar-refractivity contribution in [2.24, 2.45) is 0 Å². The molecular formula is C8H16N2. The van der Waals surface area contributed by atoms with Crippen molar-refractivity contribution in [2.45, 2.75) is 37.3 Å². The van der Waals surface area contributed by atoms with E-state index < -0.39 is 0 Å². The summed E-state index contributed by atoms with van der Waals surface area (Å²) < 4.78 is 0. The zero-order valence-electron chi connectivity index (χ0n) is 6.61. The standard InChI is InChI=1S/C8H16N2/c1-9-8(3-4-8)6-7-2-5-10-7/h7,9-10H,2-6H2,1H3. The van der Waals surface area contributed by atoms with E-state index in [4.69, 9.17) is 0 Å². The molecule has 1 atom stereocenters. The Morgan fingerprint density at radius 3 is 2.60 bits per heavy atom. The minimum atomic E-state index is 0.554. The van der Waals surface area contributed by atoms with Crippen molar-refractivity contribution >= 4 is 0 Å². The van der Waals surface area contributed by atoms with E-state index in [0.29, 0.717) is 5.54 Å². The Kier molecular flexibility index (Phi) is 1.46. The summed E-state index contributed by atoms with van der Waals surface area (Å²) in [4.78, 5) is 0. The molecule has 2 N–H and O–H groups in total. The Hall–Kier alpha value is -0.0800. The van der Waals surface area contributed by atoms with Gasteiger partial charge in [0.2, 0.25) is 0 Å². The van der Waals surface area contributed by atoms with Gasteiger partial charge >= 0.3 is 0 Å².